The average molecular weight is 281 g/mol. The highest BCUT2D eigenvalue weighted by molar-refractivity contribution is 7.99. The van der Waals surface area contributed by atoms with Crippen LogP contribution in [0.2, 0.25) is 0 Å². The lowest BCUT2D eigenvalue weighted by molar-refractivity contribution is -0.137. The molecule has 1 saturated heterocycles. The van der Waals surface area contributed by atoms with E-state index in [4.69, 9.17) is 11.6 Å². The van der Waals surface area contributed by atoms with Gasteiger partial charge in [0.15, 0.2) is 0 Å². The third-order valence-corrected chi connectivity index (χ3v) is 4.83. The second-order valence-corrected chi connectivity index (χ2v) is 5.85. The average Bonchev–Trinajstić information content (AvgIpc) is 2.64. The molecule has 1 aliphatic rings. The number of alkyl halides is 4. The standard InChI is InChI=1S/C12H12ClF3S/c13-11-7-17-6-9(11)4-8-2-1-3-10(5-8)12(14,15)16/h1-3,5,9,11H,4,6-7H2. The fourth-order valence-corrected chi connectivity index (χ4v) is 3.77. The van der Waals surface area contributed by atoms with Gasteiger partial charge in [0.05, 0.1) is 5.56 Å². The van der Waals surface area contributed by atoms with Crippen LogP contribution in [0.4, 0.5) is 13.2 Å². The largest absolute Gasteiger partial charge is 0.416 e. The van der Waals surface area contributed by atoms with Gasteiger partial charge in [-0.3, -0.25) is 0 Å². The van der Waals surface area contributed by atoms with Gasteiger partial charge in [0.1, 0.15) is 0 Å². The molecule has 17 heavy (non-hydrogen) atoms. The van der Waals surface area contributed by atoms with E-state index in [0.717, 1.165) is 23.1 Å². The maximum atomic E-state index is 12.5. The Morgan fingerprint density at radius 2 is 2.06 bits per heavy atom. The van der Waals surface area contributed by atoms with Crippen molar-refractivity contribution in [1.82, 2.24) is 0 Å². The predicted molar refractivity (Wildman–Crippen MR) is 65.6 cm³/mol. The lowest BCUT2D eigenvalue weighted by Crippen LogP contribution is -2.15. The van der Waals surface area contributed by atoms with Gasteiger partial charge >= 0.3 is 6.18 Å². The van der Waals surface area contributed by atoms with Gasteiger partial charge in [-0.25, -0.2) is 0 Å². The maximum absolute atomic E-state index is 12.5. The molecule has 2 unspecified atom stereocenters. The molecule has 2 rings (SSSR count). The number of benzene rings is 1. The first-order valence-electron chi connectivity index (χ1n) is 5.35. The Balaban J connectivity index is 2.11. The SMILES string of the molecule is FC(F)(F)c1cccc(CC2CSCC2Cl)c1. The second kappa shape index (κ2) is 5.11. The first kappa shape index (κ1) is 13.1. The molecule has 0 N–H and O–H groups in total. The van der Waals surface area contributed by atoms with Gasteiger partial charge in [-0.05, 0) is 29.7 Å². The number of thioether (sulfide) groups is 1. The lowest BCUT2D eigenvalue weighted by atomic mass is 9.97. The van der Waals surface area contributed by atoms with E-state index in [1.54, 1.807) is 17.8 Å². The van der Waals surface area contributed by atoms with Crippen molar-refractivity contribution in [1.29, 1.82) is 0 Å². The fraction of sp³-hybridized carbons (Fsp3) is 0.500. The molecule has 94 valence electrons. The molecule has 0 saturated carbocycles. The Kier molecular flexibility index (Phi) is 3.93. The van der Waals surface area contributed by atoms with Crippen molar-refractivity contribution in [3.8, 4) is 0 Å². The Bertz CT molecular complexity index is 392. The van der Waals surface area contributed by atoms with Gasteiger partial charge in [0, 0.05) is 11.1 Å². The second-order valence-electron chi connectivity index (χ2n) is 4.22. The van der Waals surface area contributed by atoms with Gasteiger partial charge in [0.25, 0.3) is 0 Å². The molecule has 0 spiro atoms. The number of hydrogen-bond donors (Lipinski definition) is 0. The summed E-state index contributed by atoms with van der Waals surface area (Å²) in [6, 6.07) is 5.53. The molecule has 1 aromatic rings. The summed E-state index contributed by atoms with van der Waals surface area (Å²) in [4.78, 5) is 0. The van der Waals surface area contributed by atoms with E-state index in [1.807, 2.05) is 0 Å². The van der Waals surface area contributed by atoms with Gasteiger partial charge in [-0.2, -0.15) is 24.9 Å². The normalized spacial score (nSPS) is 25.2. The van der Waals surface area contributed by atoms with Crippen LogP contribution in [-0.2, 0) is 12.6 Å². The molecule has 0 aromatic heterocycles. The van der Waals surface area contributed by atoms with Crippen molar-refractivity contribution >= 4 is 23.4 Å². The van der Waals surface area contributed by atoms with Crippen LogP contribution in [0.1, 0.15) is 11.1 Å². The number of hydrogen-bond acceptors (Lipinski definition) is 1. The summed E-state index contributed by atoms with van der Waals surface area (Å²) < 4.78 is 37.6. The number of halogens is 4. The van der Waals surface area contributed by atoms with Crippen LogP contribution >= 0.6 is 23.4 Å². The molecular formula is C12H12ClF3S. The monoisotopic (exact) mass is 280 g/mol. The van der Waals surface area contributed by atoms with Crippen LogP contribution in [0, 0.1) is 5.92 Å². The van der Waals surface area contributed by atoms with Crippen LogP contribution in [-0.4, -0.2) is 16.9 Å². The minimum absolute atomic E-state index is 0.0783. The highest BCUT2D eigenvalue weighted by Gasteiger charge is 2.31. The lowest BCUT2D eigenvalue weighted by Gasteiger charge is -2.14. The first-order valence-corrected chi connectivity index (χ1v) is 6.94. The summed E-state index contributed by atoms with van der Waals surface area (Å²) in [6.45, 7) is 0. The minimum atomic E-state index is -4.26. The Morgan fingerprint density at radius 1 is 1.29 bits per heavy atom. The molecule has 0 radical (unpaired) electrons. The summed E-state index contributed by atoms with van der Waals surface area (Å²) in [7, 11) is 0. The molecule has 2 atom stereocenters. The summed E-state index contributed by atoms with van der Waals surface area (Å²) in [5.41, 5.74) is 0.143. The summed E-state index contributed by atoms with van der Waals surface area (Å²) in [5, 5.41) is 0.0783. The molecule has 1 heterocycles. The molecule has 0 bridgehead atoms. The third-order valence-electron chi connectivity index (χ3n) is 2.87. The smallest absolute Gasteiger partial charge is 0.166 e. The van der Waals surface area contributed by atoms with Crippen LogP contribution in [0.3, 0.4) is 0 Å². The first-order chi connectivity index (χ1) is 7.97. The molecule has 0 nitrogen and oxygen atoms in total. The topological polar surface area (TPSA) is 0 Å². The van der Waals surface area contributed by atoms with Crippen molar-refractivity contribution in [2.75, 3.05) is 11.5 Å². The highest BCUT2D eigenvalue weighted by atomic mass is 35.5. The van der Waals surface area contributed by atoms with Crippen molar-refractivity contribution in [3.05, 3.63) is 35.4 Å². The highest BCUT2D eigenvalue weighted by Crippen LogP contribution is 2.33. The van der Waals surface area contributed by atoms with E-state index >= 15 is 0 Å². The maximum Gasteiger partial charge on any atom is 0.416 e. The van der Waals surface area contributed by atoms with Gasteiger partial charge < -0.3 is 0 Å². The molecule has 1 fully saturated rings. The van der Waals surface area contributed by atoms with E-state index in [9.17, 15) is 13.2 Å². The van der Waals surface area contributed by atoms with Crippen LogP contribution in [0.5, 0.6) is 0 Å². The predicted octanol–water partition coefficient (Wildman–Crippen LogP) is 4.22. The Labute approximate surface area is 108 Å². The van der Waals surface area contributed by atoms with Crippen molar-refractivity contribution in [2.24, 2.45) is 5.92 Å². The molecular weight excluding hydrogens is 269 g/mol. The van der Waals surface area contributed by atoms with E-state index in [-0.39, 0.29) is 11.3 Å². The summed E-state index contributed by atoms with van der Waals surface area (Å²) >= 11 is 7.88. The van der Waals surface area contributed by atoms with Gasteiger partial charge in [-0.15, -0.1) is 11.6 Å². The van der Waals surface area contributed by atoms with Gasteiger partial charge in [-0.1, -0.05) is 18.2 Å². The Morgan fingerprint density at radius 3 is 2.65 bits per heavy atom. The van der Waals surface area contributed by atoms with Crippen molar-refractivity contribution in [3.63, 3.8) is 0 Å². The molecule has 0 aliphatic carbocycles. The minimum Gasteiger partial charge on any atom is -0.166 e. The molecule has 1 aromatic carbocycles. The van der Waals surface area contributed by atoms with E-state index in [1.165, 1.54) is 12.1 Å². The van der Waals surface area contributed by atoms with E-state index in [0.29, 0.717) is 6.42 Å². The molecule has 5 heteroatoms. The van der Waals surface area contributed by atoms with Crippen molar-refractivity contribution < 1.29 is 13.2 Å². The third kappa shape index (κ3) is 3.32. The molecule has 1 aliphatic heterocycles. The molecule has 0 amide bonds. The van der Waals surface area contributed by atoms with Crippen LogP contribution < -0.4 is 0 Å². The van der Waals surface area contributed by atoms with E-state index < -0.39 is 11.7 Å². The zero-order chi connectivity index (χ0) is 12.5. The van der Waals surface area contributed by atoms with E-state index in [2.05, 4.69) is 0 Å². The number of rotatable bonds is 2. The Hall–Kier alpha value is -0.350. The fourth-order valence-electron chi connectivity index (χ4n) is 1.94. The van der Waals surface area contributed by atoms with Gasteiger partial charge in [0.2, 0.25) is 0 Å². The van der Waals surface area contributed by atoms with Crippen LogP contribution in [0.25, 0.3) is 0 Å². The summed E-state index contributed by atoms with van der Waals surface area (Å²) in [5.74, 6) is 2.11. The zero-order valence-corrected chi connectivity index (χ0v) is 10.6. The quantitative estimate of drug-likeness (QED) is 0.731. The zero-order valence-electron chi connectivity index (χ0n) is 9.01. The van der Waals surface area contributed by atoms with Crippen molar-refractivity contribution in [2.45, 2.75) is 18.0 Å². The summed E-state index contributed by atoms with van der Waals surface area (Å²) in [6.07, 6.45) is -3.63. The van der Waals surface area contributed by atoms with Crippen LogP contribution in [0.15, 0.2) is 24.3 Å².